The Hall–Kier alpha value is -1.53. The molecule has 1 aliphatic carbocycles. The van der Waals surface area contributed by atoms with Crippen LogP contribution in [0.15, 0.2) is 18.2 Å². The van der Waals surface area contributed by atoms with Gasteiger partial charge in [0.25, 0.3) is 0 Å². The molecule has 0 aliphatic heterocycles. The van der Waals surface area contributed by atoms with Gasteiger partial charge in [0.05, 0.1) is 12.7 Å². The molecule has 0 heterocycles. The van der Waals surface area contributed by atoms with Crippen molar-refractivity contribution in [3.63, 3.8) is 0 Å². The van der Waals surface area contributed by atoms with Crippen LogP contribution in [0.3, 0.4) is 0 Å². The maximum Gasteiger partial charge on any atom is 0.122 e. The monoisotopic (exact) mass is 286 g/mol. The summed E-state index contributed by atoms with van der Waals surface area (Å²) in [6.45, 7) is 3.99. The number of nitrogens with zero attached hydrogens (tertiary/aromatic N) is 1. The summed E-state index contributed by atoms with van der Waals surface area (Å²) in [7, 11) is 0. The Morgan fingerprint density at radius 1 is 1.38 bits per heavy atom. The number of benzene rings is 1. The number of unbranched alkanes of at least 4 members (excludes halogenated alkanes) is 2. The smallest absolute Gasteiger partial charge is 0.122 e. The second kappa shape index (κ2) is 8.69. The van der Waals surface area contributed by atoms with E-state index in [4.69, 9.17) is 10.00 Å². The zero-order valence-corrected chi connectivity index (χ0v) is 13.0. The molecule has 0 aromatic heterocycles. The summed E-state index contributed by atoms with van der Waals surface area (Å²) >= 11 is 0. The molecule has 1 aliphatic rings. The van der Waals surface area contributed by atoms with Crippen molar-refractivity contribution in [1.29, 1.82) is 5.26 Å². The van der Waals surface area contributed by atoms with Gasteiger partial charge in [-0.2, -0.15) is 5.26 Å². The lowest BCUT2D eigenvalue weighted by molar-refractivity contribution is 0.301. The fourth-order valence-corrected chi connectivity index (χ4v) is 2.97. The Kier molecular flexibility index (Phi) is 6.56. The van der Waals surface area contributed by atoms with Gasteiger partial charge >= 0.3 is 0 Å². The van der Waals surface area contributed by atoms with E-state index in [0.29, 0.717) is 19.1 Å². The molecule has 2 rings (SSSR count). The van der Waals surface area contributed by atoms with Crippen LogP contribution in [-0.2, 0) is 6.42 Å². The minimum absolute atomic E-state index is 0.482. The fraction of sp³-hybridized carbons (Fsp3) is 0.611. The van der Waals surface area contributed by atoms with E-state index < -0.39 is 0 Å². The van der Waals surface area contributed by atoms with Crippen LogP contribution in [-0.4, -0.2) is 13.2 Å². The quantitative estimate of drug-likeness (QED) is 0.731. The SMILES string of the molecule is CCCNC1CCCc2c(OCCCCC#N)cccc21. The van der Waals surface area contributed by atoms with Gasteiger partial charge in [-0.1, -0.05) is 19.1 Å². The molecule has 0 radical (unpaired) electrons. The third kappa shape index (κ3) is 4.47. The van der Waals surface area contributed by atoms with E-state index in [-0.39, 0.29) is 0 Å². The van der Waals surface area contributed by atoms with Gasteiger partial charge in [-0.25, -0.2) is 0 Å². The molecule has 0 fully saturated rings. The van der Waals surface area contributed by atoms with Gasteiger partial charge in [-0.05, 0) is 62.3 Å². The number of nitrogens with one attached hydrogen (secondary N) is 1. The Morgan fingerprint density at radius 2 is 2.29 bits per heavy atom. The van der Waals surface area contributed by atoms with E-state index in [1.165, 1.54) is 30.4 Å². The van der Waals surface area contributed by atoms with Crippen molar-refractivity contribution >= 4 is 0 Å². The van der Waals surface area contributed by atoms with Gasteiger partial charge in [-0.3, -0.25) is 0 Å². The minimum atomic E-state index is 0.482. The predicted molar refractivity (Wildman–Crippen MR) is 85.4 cm³/mol. The molecule has 1 aromatic carbocycles. The van der Waals surface area contributed by atoms with E-state index >= 15 is 0 Å². The van der Waals surface area contributed by atoms with E-state index in [9.17, 15) is 0 Å². The first-order valence-corrected chi connectivity index (χ1v) is 8.21. The Balaban J connectivity index is 1.98. The van der Waals surface area contributed by atoms with Gasteiger partial charge in [0, 0.05) is 12.5 Å². The van der Waals surface area contributed by atoms with Gasteiger partial charge in [0.1, 0.15) is 5.75 Å². The van der Waals surface area contributed by atoms with E-state index in [1.54, 1.807) is 0 Å². The highest BCUT2D eigenvalue weighted by atomic mass is 16.5. The molecule has 1 N–H and O–H groups in total. The molecule has 0 bridgehead atoms. The predicted octanol–water partition coefficient (Wildman–Crippen LogP) is 4.14. The van der Waals surface area contributed by atoms with E-state index in [2.05, 4.69) is 36.5 Å². The number of rotatable bonds is 8. The summed E-state index contributed by atoms with van der Waals surface area (Å²) in [5, 5.41) is 12.2. The number of hydrogen-bond donors (Lipinski definition) is 1. The molecule has 0 saturated heterocycles. The summed E-state index contributed by atoms with van der Waals surface area (Å²) in [6, 6.07) is 9.10. The zero-order chi connectivity index (χ0) is 14.9. The molecule has 0 spiro atoms. The lowest BCUT2D eigenvalue weighted by Gasteiger charge is -2.28. The average Bonchev–Trinajstić information content (AvgIpc) is 2.53. The van der Waals surface area contributed by atoms with E-state index in [0.717, 1.165) is 31.6 Å². The molecular formula is C18H26N2O. The number of ether oxygens (including phenoxy) is 1. The maximum atomic E-state index is 8.54. The van der Waals surface area contributed by atoms with Crippen LogP contribution in [0.4, 0.5) is 0 Å². The first kappa shape index (κ1) is 15.9. The van der Waals surface area contributed by atoms with Gasteiger partial charge in [-0.15, -0.1) is 0 Å². The van der Waals surface area contributed by atoms with Crippen LogP contribution in [0.2, 0.25) is 0 Å². The first-order valence-electron chi connectivity index (χ1n) is 8.21. The van der Waals surface area contributed by atoms with Crippen LogP contribution in [0.25, 0.3) is 0 Å². The topological polar surface area (TPSA) is 45.0 Å². The Bertz CT molecular complexity index is 479. The summed E-state index contributed by atoms with van der Waals surface area (Å²) in [6.07, 6.45) is 7.23. The molecular weight excluding hydrogens is 260 g/mol. The van der Waals surface area contributed by atoms with Crippen LogP contribution >= 0.6 is 0 Å². The average molecular weight is 286 g/mol. The fourth-order valence-electron chi connectivity index (χ4n) is 2.97. The molecule has 3 heteroatoms. The van der Waals surface area contributed by atoms with Crippen molar-refractivity contribution in [2.75, 3.05) is 13.2 Å². The summed E-state index contributed by atoms with van der Waals surface area (Å²) < 4.78 is 5.97. The summed E-state index contributed by atoms with van der Waals surface area (Å²) in [5.74, 6) is 1.05. The summed E-state index contributed by atoms with van der Waals surface area (Å²) in [5.41, 5.74) is 2.81. The minimum Gasteiger partial charge on any atom is -0.493 e. The number of hydrogen-bond acceptors (Lipinski definition) is 3. The first-order chi connectivity index (χ1) is 10.4. The van der Waals surface area contributed by atoms with Crippen molar-refractivity contribution in [3.8, 4) is 11.8 Å². The van der Waals surface area contributed by atoms with Crippen molar-refractivity contribution in [2.45, 2.75) is 57.9 Å². The van der Waals surface area contributed by atoms with E-state index in [1.807, 2.05) is 0 Å². The van der Waals surface area contributed by atoms with Crippen molar-refractivity contribution in [2.24, 2.45) is 0 Å². The van der Waals surface area contributed by atoms with Crippen LogP contribution in [0.5, 0.6) is 5.75 Å². The zero-order valence-electron chi connectivity index (χ0n) is 13.0. The Labute approximate surface area is 128 Å². The molecule has 21 heavy (non-hydrogen) atoms. The van der Waals surface area contributed by atoms with Crippen LogP contribution < -0.4 is 10.1 Å². The lowest BCUT2D eigenvalue weighted by Crippen LogP contribution is -2.26. The second-order valence-corrected chi connectivity index (χ2v) is 5.69. The number of fused-ring (bicyclic) bond motifs is 1. The maximum absolute atomic E-state index is 8.54. The summed E-state index contributed by atoms with van der Waals surface area (Å²) in [4.78, 5) is 0. The largest absolute Gasteiger partial charge is 0.493 e. The van der Waals surface area contributed by atoms with Crippen molar-refractivity contribution < 1.29 is 4.74 Å². The second-order valence-electron chi connectivity index (χ2n) is 5.69. The highest BCUT2D eigenvalue weighted by molar-refractivity contribution is 5.43. The van der Waals surface area contributed by atoms with Crippen molar-refractivity contribution in [3.05, 3.63) is 29.3 Å². The third-order valence-corrected chi connectivity index (χ3v) is 4.05. The lowest BCUT2D eigenvalue weighted by atomic mass is 9.87. The molecule has 1 unspecified atom stereocenters. The highest BCUT2D eigenvalue weighted by Crippen LogP contribution is 2.35. The highest BCUT2D eigenvalue weighted by Gasteiger charge is 2.22. The van der Waals surface area contributed by atoms with Gasteiger partial charge in [0.2, 0.25) is 0 Å². The molecule has 3 nitrogen and oxygen atoms in total. The number of nitriles is 1. The van der Waals surface area contributed by atoms with Crippen molar-refractivity contribution in [1.82, 2.24) is 5.32 Å². The van der Waals surface area contributed by atoms with Crippen LogP contribution in [0.1, 0.15) is 62.6 Å². The standard InChI is InChI=1S/C18H26N2O/c1-2-13-20-17-10-6-9-16-15(17)8-7-11-18(16)21-14-5-3-4-12-19/h7-8,11,17,20H,2-6,9-10,13-14H2,1H3. The molecule has 0 amide bonds. The Morgan fingerprint density at radius 3 is 3.10 bits per heavy atom. The van der Waals surface area contributed by atoms with Crippen LogP contribution in [0, 0.1) is 11.3 Å². The molecule has 0 saturated carbocycles. The van der Waals surface area contributed by atoms with Gasteiger partial charge in [0.15, 0.2) is 0 Å². The van der Waals surface area contributed by atoms with Gasteiger partial charge < -0.3 is 10.1 Å². The molecule has 1 aromatic rings. The molecule has 114 valence electrons. The normalized spacial score (nSPS) is 17.0. The molecule has 1 atom stereocenters. The third-order valence-electron chi connectivity index (χ3n) is 4.05.